The minimum absolute atomic E-state index is 0.255. The zero-order valence-corrected chi connectivity index (χ0v) is 29.8. The van der Waals surface area contributed by atoms with E-state index in [9.17, 15) is 9.59 Å². The van der Waals surface area contributed by atoms with Crippen LogP contribution in [0, 0.1) is 0 Å². The number of fused-ring (bicyclic) bond motifs is 5. The van der Waals surface area contributed by atoms with Crippen molar-refractivity contribution < 1.29 is 33.3 Å². The lowest BCUT2D eigenvalue weighted by Crippen LogP contribution is -2.49. The van der Waals surface area contributed by atoms with Crippen LogP contribution in [-0.2, 0) is 32.1 Å². The van der Waals surface area contributed by atoms with E-state index < -0.39 is 17.7 Å². The summed E-state index contributed by atoms with van der Waals surface area (Å²) >= 11 is 0. The maximum absolute atomic E-state index is 13.9. The number of carbonyl (C=O) groups excluding carboxylic acids is 2. The van der Waals surface area contributed by atoms with Crippen molar-refractivity contribution in [2.75, 3.05) is 40.1 Å². The summed E-state index contributed by atoms with van der Waals surface area (Å²) < 4.78 is 31.8. The van der Waals surface area contributed by atoms with E-state index in [0.717, 1.165) is 46.3 Å². The molecule has 0 unspecified atom stereocenters. The average molecular weight is 683 g/mol. The summed E-state index contributed by atoms with van der Waals surface area (Å²) in [5.74, 6) is 0.757. The number of hydrogen-bond acceptors (Lipinski definition) is 7. The van der Waals surface area contributed by atoms with Crippen LogP contribution >= 0.6 is 0 Å². The largest absolute Gasteiger partial charge is 0.491 e. The number of hydrogen-bond donors (Lipinski definition) is 0. The quantitative estimate of drug-likeness (QED) is 0.116. The lowest BCUT2D eigenvalue weighted by molar-refractivity contribution is -0.00656. The molecular weight excluding hydrogens is 632 g/mol. The van der Waals surface area contributed by atoms with Crippen LogP contribution in [0.1, 0.15) is 80.3 Å². The van der Waals surface area contributed by atoms with Gasteiger partial charge in [0, 0.05) is 29.6 Å². The Morgan fingerprint density at radius 3 is 2.40 bits per heavy atom. The fourth-order valence-corrected chi connectivity index (χ4v) is 7.22. The van der Waals surface area contributed by atoms with Crippen LogP contribution in [0.4, 0.5) is 4.79 Å². The number of methoxy groups -OCH3 is 1. The molecule has 9 nitrogen and oxygen atoms in total. The lowest BCUT2D eigenvalue weighted by atomic mass is 9.81. The maximum Gasteiger partial charge on any atom is 0.410 e. The summed E-state index contributed by atoms with van der Waals surface area (Å²) in [5.41, 5.74) is 5.25. The number of benzene rings is 3. The predicted octanol–water partition coefficient (Wildman–Crippen LogP) is 8.37. The van der Waals surface area contributed by atoms with E-state index in [0.29, 0.717) is 51.0 Å². The highest BCUT2D eigenvalue weighted by molar-refractivity contribution is 5.99. The van der Waals surface area contributed by atoms with Gasteiger partial charge in [0.2, 0.25) is 0 Å². The van der Waals surface area contributed by atoms with Gasteiger partial charge in [-0.25, -0.2) is 9.59 Å². The van der Waals surface area contributed by atoms with Crippen molar-refractivity contribution in [1.29, 1.82) is 0 Å². The van der Waals surface area contributed by atoms with Crippen LogP contribution in [0.15, 0.2) is 72.8 Å². The molecule has 50 heavy (non-hydrogen) atoms. The molecule has 0 bridgehead atoms. The van der Waals surface area contributed by atoms with E-state index in [4.69, 9.17) is 23.7 Å². The van der Waals surface area contributed by atoms with Crippen LogP contribution in [0.3, 0.4) is 0 Å². The number of aromatic nitrogens is 1. The molecular formula is C41H50N2O7. The van der Waals surface area contributed by atoms with Gasteiger partial charge < -0.3 is 28.3 Å². The fraction of sp³-hybridized carbons (Fsp3) is 0.463. The zero-order valence-electron chi connectivity index (χ0n) is 29.8. The molecule has 1 atom stereocenters. The second kappa shape index (κ2) is 16.1. The lowest BCUT2D eigenvalue weighted by Gasteiger charge is -2.35. The van der Waals surface area contributed by atoms with Gasteiger partial charge in [-0.05, 0) is 74.9 Å². The molecule has 2 heterocycles. The number of nitrogens with zero attached hydrogens (tertiary/aromatic N) is 2. The van der Waals surface area contributed by atoms with Gasteiger partial charge in [-0.15, -0.1) is 0 Å². The molecule has 1 aliphatic carbocycles. The topological polar surface area (TPSA) is 88.5 Å². The Bertz CT molecular complexity index is 1750. The van der Waals surface area contributed by atoms with Crippen molar-refractivity contribution >= 4 is 23.0 Å². The Hall–Kier alpha value is -4.34. The molecule has 9 heteroatoms. The molecule has 1 saturated carbocycles. The van der Waals surface area contributed by atoms with Crippen LogP contribution in [0.2, 0.25) is 0 Å². The van der Waals surface area contributed by atoms with E-state index in [1.54, 1.807) is 4.90 Å². The average Bonchev–Trinajstić information content (AvgIpc) is 3.42. The SMILES string of the molecule is COC(=O)c1ccc2c(C3CCCCC3)c3n(c2c1)C[C@@H](N(CCOCCOCc1ccccc1)C(=O)OC(C)(C)C)COc1ccccc1-3. The summed E-state index contributed by atoms with van der Waals surface area (Å²) in [6, 6.07) is 23.7. The fourth-order valence-electron chi connectivity index (χ4n) is 7.22. The summed E-state index contributed by atoms with van der Waals surface area (Å²) in [6.07, 6.45) is 5.39. The summed E-state index contributed by atoms with van der Waals surface area (Å²) in [6.45, 7) is 8.28. The maximum atomic E-state index is 13.9. The number of amides is 1. The normalized spacial score (nSPS) is 16.4. The highest BCUT2D eigenvalue weighted by Crippen LogP contribution is 2.47. The standard InChI is InChI=1S/C41H50N2O7/c1-41(2,3)50-40(45)42(21-22-47-23-24-48-27-29-13-7-5-8-14-29)32-26-43-35-25-31(39(44)46-4)19-20-33(35)37(30-15-9-6-10-16-30)38(43)34-17-11-12-18-36(34)49-28-32/h5,7-8,11-14,17-20,25,30,32H,6,9-10,15-16,21-24,26-28H2,1-4H3/t32-/m1/s1. The van der Waals surface area contributed by atoms with Gasteiger partial charge in [0.25, 0.3) is 0 Å². The number of ether oxygens (including phenoxy) is 5. The first-order chi connectivity index (χ1) is 24.2. The molecule has 2 aliphatic rings. The molecule has 1 aromatic heterocycles. The van der Waals surface area contributed by atoms with E-state index in [1.807, 2.05) is 81.4 Å². The summed E-state index contributed by atoms with van der Waals surface area (Å²) in [5, 5.41) is 1.12. The van der Waals surface area contributed by atoms with Crippen molar-refractivity contribution in [3.05, 3.63) is 89.5 Å². The first-order valence-corrected chi connectivity index (χ1v) is 17.9. The van der Waals surface area contributed by atoms with Crippen LogP contribution in [0.25, 0.3) is 22.2 Å². The van der Waals surface area contributed by atoms with E-state index >= 15 is 0 Å². The monoisotopic (exact) mass is 682 g/mol. The Balaban J connectivity index is 1.33. The van der Waals surface area contributed by atoms with Crippen molar-refractivity contribution in [2.45, 2.75) is 83.6 Å². The zero-order chi connectivity index (χ0) is 35.1. The van der Waals surface area contributed by atoms with Crippen molar-refractivity contribution in [2.24, 2.45) is 0 Å². The van der Waals surface area contributed by atoms with Gasteiger partial charge in [-0.3, -0.25) is 4.90 Å². The van der Waals surface area contributed by atoms with Crippen LogP contribution < -0.4 is 4.74 Å². The van der Waals surface area contributed by atoms with Gasteiger partial charge >= 0.3 is 12.1 Å². The summed E-state index contributed by atoms with van der Waals surface area (Å²) in [7, 11) is 1.41. The minimum Gasteiger partial charge on any atom is -0.491 e. The Morgan fingerprint density at radius 2 is 1.64 bits per heavy atom. The van der Waals surface area contributed by atoms with E-state index in [1.165, 1.54) is 31.9 Å². The first-order valence-electron chi connectivity index (χ1n) is 17.9. The van der Waals surface area contributed by atoms with Gasteiger partial charge in [0.15, 0.2) is 0 Å². The molecule has 0 spiro atoms. The van der Waals surface area contributed by atoms with Gasteiger partial charge in [-0.2, -0.15) is 0 Å². The molecule has 266 valence electrons. The van der Waals surface area contributed by atoms with Gasteiger partial charge in [0.1, 0.15) is 18.0 Å². The first kappa shape index (κ1) is 35.5. The third kappa shape index (κ3) is 8.33. The van der Waals surface area contributed by atoms with E-state index in [2.05, 4.69) is 16.7 Å². The van der Waals surface area contributed by atoms with Crippen molar-refractivity contribution in [1.82, 2.24) is 9.47 Å². The molecule has 4 aromatic rings. The molecule has 1 fully saturated rings. The van der Waals surface area contributed by atoms with Gasteiger partial charge in [-0.1, -0.05) is 67.8 Å². The number of para-hydroxylation sites is 1. The minimum atomic E-state index is -0.689. The van der Waals surface area contributed by atoms with Crippen LogP contribution in [-0.4, -0.2) is 73.3 Å². The second-order valence-corrected chi connectivity index (χ2v) is 14.2. The molecule has 0 radical (unpaired) electrons. The molecule has 0 saturated heterocycles. The van der Waals surface area contributed by atoms with Crippen molar-refractivity contribution in [3.8, 4) is 17.0 Å². The molecule has 1 amide bonds. The molecule has 3 aromatic carbocycles. The Morgan fingerprint density at radius 1 is 0.900 bits per heavy atom. The number of carbonyl (C=O) groups is 2. The van der Waals surface area contributed by atoms with Crippen molar-refractivity contribution in [3.63, 3.8) is 0 Å². The number of rotatable bonds is 11. The highest BCUT2D eigenvalue weighted by atomic mass is 16.6. The molecule has 1 aliphatic heterocycles. The molecule has 0 N–H and O–H groups in total. The third-order valence-corrected chi connectivity index (χ3v) is 9.53. The second-order valence-electron chi connectivity index (χ2n) is 14.2. The van der Waals surface area contributed by atoms with Crippen LogP contribution in [0.5, 0.6) is 5.75 Å². The molecule has 6 rings (SSSR count). The number of esters is 1. The Kier molecular flexibility index (Phi) is 11.4. The predicted molar refractivity (Wildman–Crippen MR) is 194 cm³/mol. The smallest absolute Gasteiger partial charge is 0.410 e. The van der Waals surface area contributed by atoms with E-state index in [-0.39, 0.29) is 12.6 Å². The van der Waals surface area contributed by atoms with Gasteiger partial charge in [0.05, 0.1) is 50.8 Å². The summed E-state index contributed by atoms with van der Waals surface area (Å²) in [4.78, 5) is 28.5. The third-order valence-electron chi connectivity index (χ3n) is 9.53. The highest BCUT2D eigenvalue weighted by Gasteiger charge is 2.35. The Labute approximate surface area is 295 Å².